The van der Waals surface area contributed by atoms with Gasteiger partial charge in [0, 0.05) is 5.56 Å². The molecule has 1 aromatic heterocycles. The molecule has 0 spiro atoms. The number of nitrogens with one attached hydrogen (secondary N) is 1. The average Bonchev–Trinajstić information content (AvgIpc) is 2.94. The topological polar surface area (TPSA) is 111 Å². The predicted molar refractivity (Wildman–Crippen MR) is 94.1 cm³/mol. The Kier molecular flexibility index (Phi) is 5.87. The predicted octanol–water partition coefficient (Wildman–Crippen LogP) is 2.49. The number of benzene rings is 1. The number of hydrogen-bond acceptors (Lipinski definition) is 6. The highest BCUT2D eigenvalue weighted by Crippen LogP contribution is 2.28. The van der Waals surface area contributed by atoms with Crippen LogP contribution in [-0.4, -0.2) is 29.0 Å². The van der Waals surface area contributed by atoms with Crippen LogP contribution in [0.2, 0.25) is 0 Å². The second-order valence-corrected chi connectivity index (χ2v) is 6.72. The number of ether oxygens (including phenoxy) is 1. The van der Waals surface area contributed by atoms with E-state index in [0.717, 1.165) is 5.56 Å². The zero-order chi connectivity index (χ0) is 18.6. The first-order valence-corrected chi connectivity index (χ1v) is 8.45. The Morgan fingerprint density at radius 2 is 1.84 bits per heavy atom. The quantitative estimate of drug-likeness (QED) is 0.795. The van der Waals surface area contributed by atoms with Gasteiger partial charge >= 0.3 is 12.0 Å². The van der Waals surface area contributed by atoms with Crippen molar-refractivity contribution in [3.05, 3.63) is 40.9 Å². The second-order valence-electron chi connectivity index (χ2n) is 5.72. The molecule has 2 rings (SSSR count). The zero-order valence-corrected chi connectivity index (χ0v) is 14.9. The molecule has 2 aromatic rings. The molecule has 0 aliphatic carbocycles. The molecule has 0 saturated carbocycles. The average molecular weight is 361 g/mol. The van der Waals surface area contributed by atoms with E-state index in [0.29, 0.717) is 15.6 Å². The Labute approximate surface area is 149 Å². The van der Waals surface area contributed by atoms with Crippen molar-refractivity contribution in [2.24, 2.45) is 11.7 Å². The van der Waals surface area contributed by atoms with E-state index in [2.05, 4.69) is 4.98 Å². The number of thiazole rings is 1. The van der Waals surface area contributed by atoms with Crippen LogP contribution in [0.5, 0.6) is 0 Å². The summed E-state index contributed by atoms with van der Waals surface area (Å²) in [5.41, 5.74) is 6.36. The molecule has 0 saturated heterocycles. The van der Waals surface area contributed by atoms with Gasteiger partial charge in [0.05, 0.1) is 5.69 Å². The van der Waals surface area contributed by atoms with E-state index in [1.165, 1.54) is 11.3 Å². The number of aryl methyl sites for hydroxylation is 1. The van der Waals surface area contributed by atoms with Crippen LogP contribution < -0.4 is 11.1 Å². The summed E-state index contributed by atoms with van der Waals surface area (Å²) in [6.45, 7) is 5.11. The normalized spacial score (nSPS) is 11.8. The van der Waals surface area contributed by atoms with Gasteiger partial charge in [-0.05, 0) is 12.8 Å². The van der Waals surface area contributed by atoms with Crippen molar-refractivity contribution in [1.29, 1.82) is 0 Å². The smallest absolute Gasteiger partial charge is 0.351 e. The highest BCUT2D eigenvalue weighted by Gasteiger charge is 2.29. The van der Waals surface area contributed by atoms with Gasteiger partial charge in [-0.25, -0.2) is 14.6 Å². The molecule has 132 valence electrons. The van der Waals surface area contributed by atoms with Crippen LogP contribution in [0.1, 0.15) is 29.2 Å². The van der Waals surface area contributed by atoms with Gasteiger partial charge in [0.25, 0.3) is 5.91 Å². The van der Waals surface area contributed by atoms with Crippen LogP contribution >= 0.6 is 11.3 Å². The van der Waals surface area contributed by atoms with Crippen LogP contribution in [0.25, 0.3) is 10.6 Å². The molecule has 7 nitrogen and oxygen atoms in total. The maximum absolute atomic E-state index is 12.5. The first kappa shape index (κ1) is 18.6. The van der Waals surface area contributed by atoms with E-state index in [4.69, 9.17) is 10.5 Å². The van der Waals surface area contributed by atoms with Crippen LogP contribution in [0.3, 0.4) is 0 Å². The van der Waals surface area contributed by atoms with E-state index in [9.17, 15) is 14.4 Å². The number of imide groups is 1. The summed E-state index contributed by atoms with van der Waals surface area (Å²) in [4.78, 5) is 40.0. The zero-order valence-electron chi connectivity index (χ0n) is 14.1. The van der Waals surface area contributed by atoms with Crippen molar-refractivity contribution in [1.82, 2.24) is 10.3 Å². The number of aromatic nitrogens is 1. The number of esters is 1. The number of nitrogens with zero attached hydrogens (tertiary/aromatic N) is 1. The van der Waals surface area contributed by atoms with Crippen LogP contribution in [0.4, 0.5) is 4.79 Å². The highest BCUT2D eigenvalue weighted by atomic mass is 32.1. The van der Waals surface area contributed by atoms with E-state index >= 15 is 0 Å². The van der Waals surface area contributed by atoms with Gasteiger partial charge in [0.2, 0.25) is 0 Å². The first-order chi connectivity index (χ1) is 11.8. The van der Waals surface area contributed by atoms with Gasteiger partial charge in [-0.15, -0.1) is 11.3 Å². The van der Waals surface area contributed by atoms with Crippen LogP contribution in [-0.2, 0) is 9.53 Å². The van der Waals surface area contributed by atoms with Gasteiger partial charge < -0.3 is 10.5 Å². The minimum absolute atomic E-state index is 0.316. The summed E-state index contributed by atoms with van der Waals surface area (Å²) in [6, 6.07) is 8.45. The van der Waals surface area contributed by atoms with Crippen molar-refractivity contribution in [3.8, 4) is 10.6 Å². The summed E-state index contributed by atoms with van der Waals surface area (Å²) in [6.07, 6.45) is -1.12. The summed E-state index contributed by atoms with van der Waals surface area (Å²) < 4.78 is 5.30. The molecule has 1 atom stereocenters. The van der Waals surface area contributed by atoms with Crippen LogP contribution in [0.15, 0.2) is 30.3 Å². The summed E-state index contributed by atoms with van der Waals surface area (Å²) in [5, 5.41) is 2.62. The molecular formula is C17H19N3O4S. The van der Waals surface area contributed by atoms with E-state index in [1.54, 1.807) is 20.8 Å². The number of primary amides is 1. The van der Waals surface area contributed by atoms with Crippen molar-refractivity contribution >= 4 is 29.2 Å². The molecule has 0 aliphatic rings. The lowest BCUT2D eigenvalue weighted by atomic mass is 10.1. The van der Waals surface area contributed by atoms with Gasteiger partial charge in [-0.1, -0.05) is 44.2 Å². The summed E-state index contributed by atoms with van der Waals surface area (Å²) >= 11 is 1.19. The monoisotopic (exact) mass is 361 g/mol. The molecule has 3 amide bonds. The van der Waals surface area contributed by atoms with Crippen molar-refractivity contribution in [3.63, 3.8) is 0 Å². The molecule has 0 unspecified atom stereocenters. The lowest BCUT2D eigenvalue weighted by Crippen LogP contribution is -2.45. The Bertz CT molecular complexity index is 786. The minimum Gasteiger partial charge on any atom is -0.448 e. The lowest BCUT2D eigenvalue weighted by molar-refractivity contribution is -0.130. The first-order valence-electron chi connectivity index (χ1n) is 7.63. The fourth-order valence-electron chi connectivity index (χ4n) is 2.14. The van der Waals surface area contributed by atoms with E-state index in [-0.39, 0.29) is 5.92 Å². The van der Waals surface area contributed by atoms with Crippen LogP contribution in [0, 0.1) is 12.8 Å². The molecule has 0 fully saturated rings. The third-order valence-corrected chi connectivity index (χ3v) is 4.53. The van der Waals surface area contributed by atoms with Gasteiger partial charge in [0.15, 0.2) is 6.10 Å². The number of rotatable bonds is 5. The number of carbonyl (C=O) groups excluding carboxylic acids is 3. The number of amides is 3. The largest absolute Gasteiger partial charge is 0.448 e. The fraction of sp³-hybridized carbons (Fsp3) is 0.294. The van der Waals surface area contributed by atoms with Gasteiger partial charge in [-0.3, -0.25) is 10.1 Å². The maximum Gasteiger partial charge on any atom is 0.351 e. The number of carbonyl (C=O) groups is 3. The maximum atomic E-state index is 12.5. The lowest BCUT2D eigenvalue weighted by Gasteiger charge is -2.19. The van der Waals surface area contributed by atoms with E-state index < -0.39 is 24.0 Å². The van der Waals surface area contributed by atoms with E-state index in [1.807, 2.05) is 35.6 Å². The molecule has 25 heavy (non-hydrogen) atoms. The molecule has 1 aromatic carbocycles. The summed E-state index contributed by atoms with van der Waals surface area (Å²) in [5.74, 6) is -1.73. The molecule has 1 heterocycles. The Hall–Kier alpha value is -2.74. The third-order valence-electron chi connectivity index (χ3n) is 3.35. The Morgan fingerprint density at radius 1 is 1.20 bits per heavy atom. The van der Waals surface area contributed by atoms with Crippen molar-refractivity contribution in [2.45, 2.75) is 26.9 Å². The highest BCUT2D eigenvalue weighted by molar-refractivity contribution is 7.17. The Balaban J connectivity index is 2.21. The SMILES string of the molecule is Cc1nc(-c2ccccc2)sc1C(=O)O[C@H](C(=O)NC(N)=O)C(C)C. The molecule has 0 radical (unpaired) electrons. The summed E-state index contributed by atoms with van der Waals surface area (Å²) in [7, 11) is 0. The van der Waals surface area contributed by atoms with Crippen molar-refractivity contribution in [2.75, 3.05) is 0 Å². The number of nitrogens with two attached hydrogens (primary N) is 1. The third kappa shape index (κ3) is 4.63. The second kappa shape index (κ2) is 7.89. The Morgan fingerprint density at radius 3 is 2.40 bits per heavy atom. The molecule has 0 aliphatic heterocycles. The fourth-order valence-corrected chi connectivity index (χ4v) is 3.10. The molecular weight excluding hydrogens is 342 g/mol. The minimum atomic E-state index is -1.12. The van der Waals surface area contributed by atoms with Crippen molar-refractivity contribution < 1.29 is 19.1 Å². The molecule has 3 N–H and O–H groups in total. The molecule has 0 bridgehead atoms. The van der Waals surface area contributed by atoms with Gasteiger partial charge in [0.1, 0.15) is 9.88 Å². The molecule has 8 heteroatoms. The standard InChI is InChI=1S/C17H19N3O4S/c1-9(2)12(14(21)20-17(18)23)24-16(22)13-10(3)19-15(25-13)11-7-5-4-6-8-11/h4-9,12H,1-3H3,(H3,18,20,21,23)/t12-/m0/s1. The van der Waals surface area contributed by atoms with Gasteiger partial charge in [-0.2, -0.15) is 0 Å². The number of urea groups is 1. The number of hydrogen-bond donors (Lipinski definition) is 2.